The van der Waals surface area contributed by atoms with E-state index in [4.69, 9.17) is 16.0 Å². The number of carbonyl (C=O) groups is 1. The third kappa shape index (κ3) is 1.81. The SMILES string of the molecule is O=Cc1ccc(-c2cc3ccccc3o2)c(Cl)c1. The zero-order valence-corrected chi connectivity index (χ0v) is 10.1. The highest BCUT2D eigenvalue weighted by molar-refractivity contribution is 6.33. The van der Waals surface area contributed by atoms with Crippen LogP contribution in [0.25, 0.3) is 22.3 Å². The van der Waals surface area contributed by atoms with Crippen molar-refractivity contribution in [3.63, 3.8) is 0 Å². The Labute approximate surface area is 109 Å². The van der Waals surface area contributed by atoms with Crippen molar-refractivity contribution in [2.75, 3.05) is 0 Å². The van der Waals surface area contributed by atoms with Gasteiger partial charge in [-0.1, -0.05) is 35.9 Å². The topological polar surface area (TPSA) is 30.2 Å². The Morgan fingerprint density at radius 2 is 1.89 bits per heavy atom. The molecule has 0 aliphatic heterocycles. The second-order valence-corrected chi connectivity index (χ2v) is 4.41. The molecule has 0 aliphatic carbocycles. The Balaban J connectivity index is 2.16. The first kappa shape index (κ1) is 11.1. The van der Waals surface area contributed by atoms with E-state index in [1.165, 1.54) is 0 Å². The lowest BCUT2D eigenvalue weighted by Crippen LogP contribution is -1.82. The molecule has 0 radical (unpaired) electrons. The molecule has 3 aromatic rings. The highest BCUT2D eigenvalue weighted by atomic mass is 35.5. The van der Waals surface area contributed by atoms with Gasteiger partial charge in [0.05, 0.1) is 5.02 Å². The summed E-state index contributed by atoms with van der Waals surface area (Å²) in [6.07, 6.45) is 0.772. The third-order valence-corrected chi connectivity index (χ3v) is 3.13. The van der Waals surface area contributed by atoms with Gasteiger partial charge in [0, 0.05) is 16.5 Å². The molecule has 0 fully saturated rings. The van der Waals surface area contributed by atoms with E-state index < -0.39 is 0 Å². The smallest absolute Gasteiger partial charge is 0.150 e. The Morgan fingerprint density at radius 3 is 2.61 bits per heavy atom. The fourth-order valence-corrected chi connectivity index (χ4v) is 2.20. The van der Waals surface area contributed by atoms with E-state index in [1.54, 1.807) is 18.2 Å². The molecule has 1 heterocycles. The van der Waals surface area contributed by atoms with Crippen molar-refractivity contribution in [2.24, 2.45) is 0 Å². The van der Waals surface area contributed by atoms with Gasteiger partial charge in [0.1, 0.15) is 17.6 Å². The van der Waals surface area contributed by atoms with Crippen molar-refractivity contribution in [3.05, 3.63) is 59.1 Å². The van der Waals surface area contributed by atoms with Gasteiger partial charge in [-0.05, 0) is 24.3 Å². The van der Waals surface area contributed by atoms with E-state index in [2.05, 4.69) is 0 Å². The quantitative estimate of drug-likeness (QED) is 0.629. The number of hydrogen-bond acceptors (Lipinski definition) is 2. The largest absolute Gasteiger partial charge is 0.456 e. The lowest BCUT2D eigenvalue weighted by atomic mass is 10.1. The molecule has 3 rings (SSSR count). The summed E-state index contributed by atoms with van der Waals surface area (Å²) in [5, 5.41) is 1.54. The molecule has 0 spiro atoms. The fraction of sp³-hybridized carbons (Fsp3) is 0. The number of fused-ring (bicyclic) bond motifs is 1. The van der Waals surface area contributed by atoms with E-state index in [0.717, 1.165) is 22.8 Å². The summed E-state index contributed by atoms with van der Waals surface area (Å²) in [5.74, 6) is 0.707. The van der Waals surface area contributed by atoms with E-state index in [9.17, 15) is 4.79 Å². The first-order chi connectivity index (χ1) is 8.78. The van der Waals surface area contributed by atoms with E-state index in [1.807, 2.05) is 30.3 Å². The standard InChI is InChI=1S/C15H9ClO2/c16-13-7-10(9-17)5-6-12(13)15-8-11-3-1-2-4-14(11)18-15/h1-9H. The fourth-order valence-electron chi connectivity index (χ4n) is 1.92. The lowest BCUT2D eigenvalue weighted by Gasteiger charge is -2.00. The second-order valence-electron chi connectivity index (χ2n) is 4.01. The average Bonchev–Trinajstić information content (AvgIpc) is 2.81. The third-order valence-electron chi connectivity index (χ3n) is 2.82. The van der Waals surface area contributed by atoms with Crippen LogP contribution in [0, 0.1) is 0 Å². The molecule has 0 saturated heterocycles. The van der Waals surface area contributed by atoms with Crippen molar-refractivity contribution in [1.82, 2.24) is 0 Å². The van der Waals surface area contributed by atoms with Gasteiger partial charge in [-0.2, -0.15) is 0 Å². The van der Waals surface area contributed by atoms with Crippen LogP contribution in [0.4, 0.5) is 0 Å². The lowest BCUT2D eigenvalue weighted by molar-refractivity contribution is 0.112. The molecular formula is C15H9ClO2. The van der Waals surface area contributed by atoms with Gasteiger partial charge in [0.25, 0.3) is 0 Å². The maximum absolute atomic E-state index is 10.7. The number of para-hydroxylation sites is 1. The number of carbonyl (C=O) groups excluding carboxylic acids is 1. The van der Waals surface area contributed by atoms with Crippen molar-refractivity contribution in [1.29, 1.82) is 0 Å². The number of benzene rings is 2. The Kier molecular flexibility index (Phi) is 2.65. The minimum absolute atomic E-state index is 0.513. The average molecular weight is 257 g/mol. The predicted molar refractivity (Wildman–Crippen MR) is 72.0 cm³/mol. The van der Waals surface area contributed by atoms with Gasteiger partial charge in [-0.15, -0.1) is 0 Å². The molecule has 88 valence electrons. The molecule has 0 atom stereocenters. The number of rotatable bonds is 2. The summed E-state index contributed by atoms with van der Waals surface area (Å²) in [6.45, 7) is 0. The predicted octanol–water partition coefficient (Wildman–Crippen LogP) is 4.57. The number of halogens is 1. The molecule has 3 heteroatoms. The van der Waals surface area contributed by atoms with Gasteiger partial charge >= 0.3 is 0 Å². The van der Waals surface area contributed by atoms with Crippen LogP contribution in [0.1, 0.15) is 10.4 Å². The molecular weight excluding hydrogens is 248 g/mol. The summed E-state index contributed by atoms with van der Waals surface area (Å²) < 4.78 is 5.74. The van der Waals surface area contributed by atoms with Crippen LogP contribution in [0.5, 0.6) is 0 Å². The molecule has 0 bridgehead atoms. The zero-order chi connectivity index (χ0) is 12.5. The van der Waals surface area contributed by atoms with Crippen LogP contribution in [0.2, 0.25) is 5.02 Å². The zero-order valence-electron chi connectivity index (χ0n) is 9.39. The summed E-state index contributed by atoms with van der Waals surface area (Å²) in [6, 6.07) is 14.9. The Morgan fingerprint density at radius 1 is 1.06 bits per heavy atom. The normalized spacial score (nSPS) is 10.7. The summed E-state index contributed by atoms with van der Waals surface area (Å²) >= 11 is 6.15. The molecule has 0 saturated carbocycles. The van der Waals surface area contributed by atoms with Crippen LogP contribution in [-0.4, -0.2) is 6.29 Å². The van der Waals surface area contributed by atoms with Gasteiger partial charge < -0.3 is 4.42 Å². The minimum Gasteiger partial charge on any atom is -0.456 e. The number of hydrogen-bond donors (Lipinski definition) is 0. The van der Waals surface area contributed by atoms with Crippen LogP contribution >= 0.6 is 11.6 Å². The minimum atomic E-state index is 0.513. The van der Waals surface area contributed by atoms with Crippen LogP contribution in [0.15, 0.2) is 52.9 Å². The maximum atomic E-state index is 10.7. The van der Waals surface area contributed by atoms with Crippen molar-refractivity contribution < 1.29 is 9.21 Å². The Hall–Kier alpha value is -2.06. The van der Waals surface area contributed by atoms with Gasteiger partial charge in [-0.3, -0.25) is 4.79 Å². The Bertz CT molecular complexity index is 695. The van der Waals surface area contributed by atoms with Crippen molar-refractivity contribution in [3.8, 4) is 11.3 Å². The summed E-state index contributed by atoms with van der Waals surface area (Å²) in [4.78, 5) is 10.7. The molecule has 0 unspecified atom stereocenters. The maximum Gasteiger partial charge on any atom is 0.150 e. The molecule has 0 N–H and O–H groups in total. The highest BCUT2D eigenvalue weighted by Gasteiger charge is 2.09. The summed E-state index contributed by atoms with van der Waals surface area (Å²) in [7, 11) is 0. The van der Waals surface area contributed by atoms with Gasteiger partial charge in [0.15, 0.2) is 0 Å². The molecule has 2 nitrogen and oxygen atoms in total. The monoisotopic (exact) mass is 256 g/mol. The van der Waals surface area contributed by atoms with E-state index in [-0.39, 0.29) is 0 Å². The first-order valence-corrected chi connectivity index (χ1v) is 5.89. The van der Waals surface area contributed by atoms with Crippen LogP contribution in [0.3, 0.4) is 0 Å². The molecule has 2 aromatic carbocycles. The van der Waals surface area contributed by atoms with Gasteiger partial charge in [0.2, 0.25) is 0 Å². The van der Waals surface area contributed by atoms with E-state index in [0.29, 0.717) is 16.3 Å². The highest BCUT2D eigenvalue weighted by Crippen LogP contribution is 2.32. The second kappa shape index (κ2) is 4.31. The van der Waals surface area contributed by atoms with Crippen molar-refractivity contribution in [2.45, 2.75) is 0 Å². The molecule has 1 aromatic heterocycles. The van der Waals surface area contributed by atoms with Gasteiger partial charge in [-0.25, -0.2) is 0 Å². The molecule has 0 aliphatic rings. The summed E-state index contributed by atoms with van der Waals surface area (Å²) in [5.41, 5.74) is 2.17. The van der Waals surface area contributed by atoms with Crippen LogP contribution < -0.4 is 0 Å². The first-order valence-electron chi connectivity index (χ1n) is 5.51. The number of aldehydes is 1. The molecule has 18 heavy (non-hydrogen) atoms. The van der Waals surface area contributed by atoms with E-state index >= 15 is 0 Å². The number of furan rings is 1. The van der Waals surface area contributed by atoms with Crippen LogP contribution in [-0.2, 0) is 0 Å². The molecule has 0 amide bonds. The van der Waals surface area contributed by atoms with Crippen molar-refractivity contribution >= 4 is 28.9 Å².